The van der Waals surface area contributed by atoms with E-state index >= 15 is 0 Å². The van der Waals surface area contributed by atoms with Gasteiger partial charge in [0, 0.05) is 5.56 Å². The molecular weight excluding hydrogens is 286 g/mol. The minimum atomic E-state index is 0.247. The molecule has 0 aliphatic rings. The molecule has 0 aliphatic heterocycles. The molecular formula is C19H21N3O. The second kappa shape index (κ2) is 6.65. The van der Waals surface area contributed by atoms with E-state index in [1.54, 1.807) is 0 Å². The van der Waals surface area contributed by atoms with E-state index in [1.807, 2.05) is 43.3 Å². The molecule has 0 atom stereocenters. The second-order valence-electron chi connectivity index (χ2n) is 5.73. The first-order chi connectivity index (χ1) is 11.2. The molecule has 0 fully saturated rings. The first-order valence-corrected chi connectivity index (χ1v) is 7.99. The minimum absolute atomic E-state index is 0.247. The number of hydrogen-bond acceptors (Lipinski definition) is 3. The van der Waals surface area contributed by atoms with Crippen LogP contribution in [0.15, 0.2) is 48.6 Å². The molecule has 1 heterocycles. The first kappa shape index (κ1) is 15.3. The summed E-state index contributed by atoms with van der Waals surface area (Å²) in [5.74, 6) is 0.247. The molecule has 3 aromatic rings. The van der Waals surface area contributed by atoms with Gasteiger partial charge >= 0.3 is 0 Å². The highest BCUT2D eigenvalue weighted by molar-refractivity contribution is 5.73. The molecule has 1 N–H and O–H groups in total. The summed E-state index contributed by atoms with van der Waals surface area (Å²) in [6.07, 6.45) is 7.16. The number of aryl methyl sites for hydroxylation is 1. The molecule has 0 aliphatic carbocycles. The van der Waals surface area contributed by atoms with Gasteiger partial charge in [-0.15, -0.1) is 15.0 Å². The third-order valence-electron chi connectivity index (χ3n) is 3.77. The Bertz CT molecular complexity index is 816. The van der Waals surface area contributed by atoms with Crippen LogP contribution in [0.1, 0.15) is 30.9 Å². The SMILES string of the molecule is CCC/C=C/Cc1cc(C)cc(-n2nc3ccccc3n2)c1O. The molecule has 118 valence electrons. The van der Waals surface area contributed by atoms with E-state index in [0.717, 1.165) is 35.0 Å². The minimum Gasteiger partial charge on any atom is -0.505 e. The van der Waals surface area contributed by atoms with Crippen LogP contribution < -0.4 is 0 Å². The van der Waals surface area contributed by atoms with Gasteiger partial charge in [0.25, 0.3) is 0 Å². The fraction of sp³-hybridized carbons (Fsp3) is 0.263. The number of unbranched alkanes of at least 4 members (excludes halogenated alkanes) is 1. The van der Waals surface area contributed by atoms with Crippen molar-refractivity contribution in [1.82, 2.24) is 15.0 Å². The van der Waals surface area contributed by atoms with Gasteiger partial charge in [-0.05, 0) is 43.5 Å². The van der Waals surface area contributed by atoms with Crippen molar-refractivity contribution in [2.24, 2.45) is 0 Å². The molecule has 0 unspecified atom stereocenters. The number of nitrogens with zero attached hydrogens (tertiary/aromatic N) is 3. The van der Waals surface area contributed by atoms with Gasteiger partial charge in [-0.25, -0.2) is 0 Å². The number of benzene rings is 2. The predicted molar refractivity (Wildman–Crippen MR) is 93.0 cm³/mol. The van der Waals surface area contributed by atoms with Crippen LogP contribution in [0.2, 0.25) is 0 Å². The van der Waals surface area contributed by atoms with Gasteiger partial charge in [-0.3, -0.25) is 0 Å². The van der Waals surface area contributed by atoms with Crippen LogP contribution in [0, 0.1) is 6.92 Å². The van der Waals surface area contributed by atoms with Crippen molar-refractivity contribution in [3.05, 3.63) is 59.7 Å². The van der Waals surface area contributed by atoms with Crippen molar-refractivity contribution in [1.29, 1.82) is 0 Å². The Balaban J connectivity index is 2.00. The molecule has 2 aromatic carbocycles. The lowest BCUT2D eigenvalue weighted by molar-refractivity contribution is 0.462. The predicted octanol–water partition coefficient (Wildman–Crippen LogP) is 4.33. The van der Waals surface area contributed by atoms with Gasteiger partial charge < -0.3 is 5.11 Å². The summed E-state index contributed by atoms with van der Waals surface area (Å²) in [4.78, 5) is 1.52. The molecule has 4 nitrogen and oxygen atoms in total. The number of phenols is 1. The Morgan fingerprint density at radius 3 is 2.43 bits per heavy atom. The van der Waals surface area contributed by atoms with Crippen LogP contribution in [0.4, 0.5) is 0 Å². The number of aromatic hydroxyl groups is 1. The maximum Gasteiger partial charge on any atom is 0.146 e. The number of phenolic OH excluding ortho intramolecular Hbond substituents is 1. The standard InChI is InChI=1S/C19H21N3O/c1-3-4-5-6-9-15-12-14(2)13-18(19(15)23)22-20-16-10-7-8-11-17(16)21-22/h5-8,10-13,23H,3-4,9H2,1-2H3/b6-5+. The lowest BCUT2D eigenvalue weighted by atomic mass is 10.1. The van der Waals surface area contributed by atoms with Crippen LogP contribution in [0.5, 0.6) is 5.75 Å². The molecule has 4 heteroatoms. The summed E-state index contributed by atoms with van der Waals surface area (Å²) in [6.45, 7) is 4.17. The van der Waals surface area contributed by atoms with E-state index in [4.69, 9.17) is 0 Å². The second-order valence-corrected chi connectivity index (χ2v) is 5.73. The average molecular weight is 307 g/mol. The van der Waals surface area contributed by atoms with E-state index in [2.05, 4.69) is 29.3 Å². The zero-order valence-electron chi connectivity index (χ0n) is 13.5. The van der Waals surface area contributed by atoms with E-state index in [1.165, 1.54) is 4.80 Å². The van der Waals surface area contributed by atoms with Gasteiger partial charge in [0.05, 0.1) is 0 Å². The average Bonchev–Trinajstić information content (AvgIpc) is 2.98. The topological polar surface area (TPSA) is 50.9 Å². The van der Waals surface area contributed by atoms with E-state index in [-0.39, 0.29) is 5.75 Å². The monoisotopic (exact) mass is 307 g/mol. The number of fused-ring (bicyclic) bond motifs is 1. The number of rotatable bonds is 5. The quantitative estimate of drug-likeness (QED) is 0.714. The Morgan fingerprint density at radius 2 is 1.78 bits per heavy atom. The summed E-state index contributed by atoms with van der Waals surface area (Å²) in [5.41, 5.74) is 4.24. The Morgan fingerprint density at radius 1 is 1.09 bits per heavy atom. The third-order valence-corrected chi connectivity index (χ3v) is 3.77. The highest BCUT2D eigenvalue weighted by Crippen LogP contribution is 2.28. The maximum atomic E-state index is 10.6. The third kappa shape index (κ3) is 3.26. The summed E-state index contributed by atoms with van der Waals surface area (Å²) in [6, 6.07) is 11.6. The van der Waals surface area contributed by atoms with Crippen molar-refractivity contribution in [2.45, 2.75) is 33.1 Å². The van der Waals surface area contributed by atoms with Gasteiger partial charge in [0.2, 0.25) is 0 Å². The van der Waals surface area contributed by atoms with E-state index in [9.17, 15) is 5.11 Å². The van der Waals surface area contributed by atoms with Crippen molar-refractivity contribution in [2.75, 3.05) is 0 Å². The van der Waals surface area contributed by atoms with Gasteiger partial charge in [0.1, 0.15) is 22.5 Å². The number of allylic oxidation sites excluding steroid dienone is 2. The summed E-state index contributed by atoms with van der Waals surface area (Å²) < 4.78 is 0. The zero-order valence-corrected chi connectivity index (χ0v) is 13.5. The van der Waals surface area contributed by atoms with E-state index < -0.39 is 0 Å². The van der Waals surface area contributed by atoms with Crippen molar-refractivity contribution < 1.29 is 5.11 Å². The van der Waals surface area contributed by atoms with Crippen LogP contribution in [0.3, 0.4) is 0 Å². The molecule has 23 heavy (non-hydrogen) atoms. The zero-order chi connectivity index (χ0) is 16.2. The molecule has 1 aromatic heterocycles. The fourth-order valence-electron chi connectivity index (χ4n) is 2.60. The summed E-state index contributed by atoms with van der Waals surface area (Å²) in [5, 5.41) is 19.5. The largest absolute Gasteiger partial charge is 0.505 e. The number of aromatic nitrogens is 3. The molecule has 0 amide bonds. The smallest absolute Gasteiger partial charge is 0.146 e. The van der Waals surface area contributed by atoms with Gasteiger partial charge in [0.15, 0.2) is 0 Å². The highest BCUT2D eigenvalue weighted by Gasteiger charge is 2.12. The molecule has 0 bridgehead atoms. The van der Waals surface area contributed by atoms with Gasteiger partial charge in [-0.2, -0.15) is 0 Å². The van der Waals surface area contributed by atoms with E-state index in [0.29, 0.717) is 12.1 Å². The van der Waals surface area contributed by atoms with Crippen LogP contribution in [-0.2, 0) is 6.42 Å². The van der Waals surface area contributed by atoms with Crippen LogP contribution >= 0.6 is 0 Å². The van der Waals surface area contributed by atoms with Crippen molar-refractivity contribution in [3.8, 4) is 11.4 Å². The fourth-order valence-corrected chi connectivity index (χ4v) is 2.60. The Kier molecular flexibility index (Phi) is 4.42. The Labute approximate surface area is 136 Å². The van der Waals surface area contributed by atoms with Crippen molar-refractivity contribution >= 4 is 11.0 Å². The van der Waals surface area contributed by atoms with Crippen LogP contribution in [-0.4, -0.2) is 20.1 Å². The highest BCUT2D eigenvalue weighted by atomic mass is 16.3. The molecule has 0 radical (unpaired) electrons. The lowest BCUT2D eigenvalue weighted by Gasteiger charge is -2.09. The van der Waals surface area contributed by atoms with Crippen molar-refractivity contribution in [3.63, 3.8) is 0 Å². The summed E-state index contributed by atoms with van der Waals surface area (Å²) in [7, 11) is 0. The number of hydrogen-bond donors (Lipinski definition) is 1. The summed E-state index contributed by atoms with van der Waals surface area (Å²) >= 11 is 0. The molecule has 3 rings (SSSR count). The van der Waals surface area contributed by atoms with Gasteiger partial charge in [-0.1, -0.05) is 43.7 Å². The maximum absolute atomic E-state index is 10.6. The molecule has 0 saturated heterocycles. The Hall–Kier alpha value is -2.62. The normalized spacial score (nSPS) is 11.6. The van der Waals surface area contributed by atoms with Crippen LogP contribution in [0.25, 0.3) is 16.7 Å². The molecule has 0 spiro atoms. The lowest BCUT2D eigenvalue weighted by Crippen LogP contribution is -2.01. The first-order valence-electron chi connectivity index (χ1n) is 7.99. The molecule has 0 saturated carbocycles.